The first-order valence-electron chi connectivity index (χ1n) is 8.18. The molecule has 0 aliphatic carbocycles. The molecular formula is C19H19F3N2O4. The molecule has 2 amide bonds. The summed E-state index contributed by atoms with van der Waals surface area (Å²) in [5.41, 5.74) is -0.835. The van der Waals surface area contributed by atoms with Gasteiger partial charge in [0.1, 0.15) is 5.75 Å². The molecule has 0 aliphatic heterocycles. The normalized spacial score (nSPS) is 12.2. The van der Waals surface area contributed by atoms with Crippen molar-refractivity contribution in [3.63, 3.8) is 0 Å². The van der Waals surface area contributed by atoms with E-state index in [4.69, 9.17) is 9.47 Å². The van der Waals surface area contributed by atoms with E-state index in [-0.39, 0.29) is 6.54 Å². The van der Waals surface area contributed by atoms with Crippen LogP contribution in [0.5, 0.6) is 5.75 Å². The predicted octanol–water partition coefficient (Wildman–Crippen LogP) is 3.16. The number of alkyl halides is 3. The Morgan fingerprint density at radius 2 is 1.75 bits per heavy atom. The van der Waals surface area contributed by atoms with Crippen LogP contribution in [0.4, 0.5) is 18.9 Å². The van der Waals surface area contributed by atoms with Crippen molar-refractivity contribution in [1.29, 1.82) is 0 Å². The zero-order valence-electron chi connectivity index (χ0n) is 15.2. The highest BCUT2D eigenvalue weighted by atomic mass is 19.4. The highest BCUT2D eigenvalue weighted by molar-refractivity contribution is 6.39. The summed E-state index contributed by atoms with van der Waals surface area (Å²) in [4.78, 5) is 24.0. The Labute approximate surface area is 159 Å². The molecule has 28 heavy (non-hydrogen) atoms. The number of carbonyl (C=O) groups is 2. The number of anilines is 1. The third kappa shape index (κ3) is 5.46. The van der Waals surface area contributed by atoms with Gasteiger partial charge >= 0.3 is 18.0 Å². The van der Waals surface area contributed by atoms with Gasteiger partial charge in [-0.05, 0) is 29.8 Å². The van der Waals surface area contributed by atoms with Crippen molar-refractivity contribution in [2.75, 3.05) is 26.1 Å². The molecule has 0 saturated carbocycles. The quantitative estimate of drug-likeness (QED) is 0.736. The van der Waals surface area contributed by atoms with Gasteiger partial charge in [0.25, 0.3) is 0 Å². The topological polar surface area (TPSA) is 76.7 Å². The van der Waals surface area contributed by atoms with Crippen molar-refractivity contribution in [3.05, 3.63) is 59.7 Å². The third-order valence-corrected chi connectivity index (χ3v) is 3.89. The summed E-state index contributed by atoms with van der Waals surface area (Å²) < 4.78 is 49.3. The number of hydrogen-bond acceptors (Lipinski definition) is 4. The standard InChI is InChI=1S/C19H19F3N2O4/c1-27-13-7-5-6-12(10-13)16(28-2)11-23-17(25)18(26)24-15-9-4-3-8-14(15)19(20,21)22/h3-10,16H,11H2,1-2H3,(H,23,25)(H,24,26)/t16-/m1/s1. The first-order chi connectivity index (χ1) is 13.3. The molecule has 0 spiro atoms. The fourth-order valence-corrected chi connectivity index (χ4v) is 2.46. The molecule has 9 heteroatoms. The van der Waals surface area contributed by atoms with Crippen LogP contribution in [0.2, 0.25) is 0 Å². The number of halogens is 3. The van der Waals surface area contributed by atoms with Gasteiger partial charge in [-0.2, -0.15) is 13.2 Å². The zero-order valence-corrected chi connectivity index (χ0v) is 15.2. The molecule has 150 valence electrons. The Bertz CT molecular complexity index is 840. The van der Waals surface area contributed by atoms with Crippen LogP contribution >= 0.6 is 0 Å². The molecule has 2 rings (SSSR count). The van der Waals surface area contributed by atoms with Crippen molar-refractivity contribution in [3.8, 4) is 5.75 Å². The number of benzene rings is 2. The van der Waals surface area contributed by atoms with Gasteiger partial charge in [0.15, 0.2) is 0 Å². The number of ether oxygens (including phenoxy) is 2. The van der Waals surface area contributed by atoms with E-state index in [1.165, 1.54) is 26.4 Å². The lowest BCUT2D eigenvalue weighted by Crippen LogP contribution is -2.38. The van der Waals surface area contributed by atoms with E-state index >= 15 is 0 Å². The average Bonchev–Trinajstić information content (AvgIpc) is 2.68. The first-order valence-corrected chi connectivity index (χ1v) is 8.18. The Balaban J connectivity index is 2.02. The third-order valence-electron chi connectivity index (χ3n) is 3.89. The lowest BCUT2D eigenvalue weighted by atomic mass is 10.1. The molecule has 2 N–H and O–H groups in total. The van der Waals surface area contributed by atoms with Crippen molar-refractivity contribution < 1.29 is 32.2 Å². The van der Waals surface area contributed by atoms with Crippen LogP contribution in [0, 0.1) is 0 Å². The molecule has 0 aromatic heterocycles. The minimum Gasteiger partial charge on any atom is -0.497 e. The van der Waals surface area contributed by atoms with E-state index in [2.05, 4.69) is 5.32 Å². The number of amides is 2. The van der Waals surface area contributed by atoms with Gasteiger partial charge in [-0.1, -0.05) is 24.3 Å². The summed E-state index contributed by atoms with van der Waals surface area (Å²) in [5.74, 6) is -1.70. The number of rotatable bonds is 6. The second kappa shape index (κ2) is 9.23. The predicted molar refractivity (Wildman–Crippen MR) is 95.8 cm³/mol. The molecule has 0 bridgehead atoms. The van der Waals surface area contributed by atoms with Crippen LogP contribution in [0.3, 0.4) is 0 Å². The second-order valence-electron chi connectivity index (χ2n) is 5.71. The fraction of sp³-hybridized carbons (Fsp3) is 0.263. The van der Waals surface area contributed by atoms with Crippen molar-refractivity contribution in [2.45, 2.75) is 12.3 Å². The lowest BCUT2D eigenvalue weighted by molar-refractivity contribution is -0.138. The maximum absolute atomic E-state index is 13.0. The van der Waals surface area contributed by atoms with Gasteiger partial charge in [0.2, 0.25) is 0 Å². The molecule has 2 aromatic rings. The Kier molecular flexibility index (Phi) is 7.00. The van der Waals surface area contributed by atoms with Crippen LogP contribution < -0.4 is 15.4 Å². The van der Waals surface area contributed by atoms with Crippen LogP contribution in [-0.2, 0) is 20.5 Å². The molecular weight excluding hydrogens is 377 g/mol. The highest BCUT2D eigenvalue weighted by Crippen LogP contribution is 2.34. The van der Waals surface area contributed by atoms with Gasteiger partial charge in [-0.15, -0.1) is 0 Å². The van der Waals surface area contributed by atoms with Gasteiger partial charge < -0.3 is 20.1 Å². The van der Waals surface area contributed by atoms with E-state index in [0.29, 0.717) is 11.3 Å². The molecule has 0 aliphatic rings. The van der Waals surface area contributed by atoms with E-state index in [0.717, 1.165) is 12.1 Å². The number of carbonyl (C=O) groups excluding carboxylic acids is 2. The Morgan fingerprint density at radius 3 is 2.39 bits per heavy atom. The van der Waals surface area contributed by atoms with Gasteiger partial charge in [-0.3, -0.25) is 9.59 Å². The number of nitrogens with one attached hydrogen (secondary N) is 2. The SMILES string of the molecule is COc1cccc([C@@H](CNC(=O)C(=O)Nc2ccccc2C(F)(F)F)OC)c1. The van der Waals surface area contributed by atoms with Gasteiger partial charge in [-0.25, -0.2) is 0 Å². The smallest absolute Gasteiger partial charge is 0.418 e. The monoisotopic (exact) mass is 396 g/mol. The maximum Gasteiger partial charge on any atom is 0.418 e. The molecule has 6 nitrogen and oxygen atoms in total. The number of para-hydroxylation sites is 1. The van der Waals surface area contributed by atoms with Crippen LogP contribution in [0.25, 0.3) is 0 Å². The van der Waals surface area contributed by atoms with E-state index in [1.807, 2.05) is 5.32 Å². The molecule has 2 aromatic carbocycles. The first kappa shape index (κ1) is 21.2. The van der Waals surface area contributed by atoms with Gasteiger partial charge in [0, 0.05) is 13.7 Å². The minimum absolute atomic E-state index is 0.0587. The number of methoxy groups -OCH3 is 2. The molecule has 1 atom stereocenters. The van der Waals surface area contributed by atoms with E-state index in [9.17, 15) is 22.8 Å². The summed E-state index contributed by atoms with van der Waals surface area (Å²) in [6.07, 6.45) is -5.23. The average molecular weight is 396 g/mol. The van der Waals surface area contributed by atoms with E-state index in [1.54, 1.807) is 24.3 Å². The Morgan fingerprint density at radius 1 is 1.04 bits per heavy atom. The summed E-state index contributed by atoms with van der Waals surface area (Å²) >= 11 is 0. The molecule has 0 unspecified atom stereocenters. The van der Waals surface area contributed by atoms with Crippen molar-refractivity contribution in [2.24, 2.45) is 0 Å². The maximum atomic E-state index is 13.0. The van der Waals surface area contributed by atoms with Crippen LogP contribution in [0.15, 0.2) is 48.5 Å². The summed E-state index contributed by atoms with van der Waals surface area (Å²) in [6, 6.07) is 11.3. The molecule has 0 radical (unpaired) electrons. The fourth-order valence-electron chi connectivity index (χ4n) is 2.46. The highest BCUT2D eigenvalue weighted by Gasteiger charge is 2.34. The van der Waals surface area contributed by atoms with E-state index < -0.39 is 35.3 Å². The number of hydrogen-bond donors (Lipinski definition) is 2. The van der Waals surface area contributed by atoms with Gasteiger partial charge in [0.05, 0.1) is 24.5 Å². The zero-order chi connectivity index (χ0) is 20.7. The second-order valence-corrected chi connectivity index (χ2v) is 5.71. The van der Waals surface area contributed by atoms with Crippen LogP contribution in [0.1, 0.15) is 17.2 Å². The summed E-state index contributed by atoms with van der Waals surface area (Å²) in [7, 11) is 2.93. The summed E-state index contributed by atoms with van der Waals surface area (Å²) in [6.45, 7) is -0.0587. The minimum atomic E-state index is -4.66. The van der Waals surface area contributed by atoms with Crippen molar-refractivity contribution >= 4 is 17.5 Å². The Hall–Kier alpha value is -3.07. The van der Waals surface area contributed by atoms with Crippen LogP contribution in [-0.4, -0.2) is 32.6 Å². The van der Waals surface area contributed by atoms with Crippen molar-refractivity contribution in [1.82, 2.24) is 5.32 Å². The molecule has 0 saturated heterocycles. The largest absolute Gasteiger partial charge is 0.497 e. The summed E-state index contributed by atoms with van der Waals surface area (Å²) in [5, 5.41) is 4.33. The molecule has 0 heterocycles. The lowest BCUT2D eigenvalue weighted by Gasteiger charge is -2.17. The molecule has 0 fully saturated rings.